The van der Waals surface area contributed by atoms with Gasteiger partial charge in [-0.2, -0.15) is 16.4 Å². The molecule has 9 nitrogen and oxygen atoms in total. The van der Waals surface area contributed by atoms with Crippen LogP contribution in [0.2, 0.25) is 0 Å². The second kappa shape index (κ2) is 15.3. The number of carboxylic acid groups (broad SMARTS) is 1. The fourth-order valence-electron chi connectivity index (χ4n) is 0.0866. The van der Waals surface area contributed by atoms with Gasteiger partial charge in [-0.1, -0.05) is 0 Å². The molecule has 0 amide bonds. The molecule has 13 heavy (non-hydrogen) atoms. The molecular formula is C3H12KN4O5. The van der Waals surface area contributed by atoms with Gasteiger partial charge in [-0.05, 0) is 0 Å². The Morgan fingerprint density at radius 3 is 1.46 bits per heavy atom. The fraction of sp³-hybridized carbons (Fsp3) is 0.667. The Bertz CT molecular complexity index is 106. The van der Waals surface area contributed by atoms with Crippen LogP contribution in [0, 0.1) is 0 Å². The van der Waals surface area contributed by atoms with E-state index in [1.54, 1.807) is 0 Å². The minimum atomic E-state index is -1.10. The second-order valence-electron chi connectivity index (χ2n) is 1.42. The van der Waals surface area contributed by atoms with E-state index in [4.69, 9.17) is 20.7 Å². The predicted octanol–water partition coefficient (Wildman–Crippen LogP) is -3.14. The third-order valence-corrected chi connectivity index (χ3v) is 0.562. The van der Waals surface area contributed by atoms with Gasteiger partial charge in [-0.25, -0.2) is 0 Å². The zero-order chi connectivity index (χ0) is 9.98. The predicted molar refractivity (Wildman–Crippen MR) is 41.0 cm³/mol. The number of aliphatic carboxylic acids is 1. The molecule has 0 aliphatic carbocycles. The number of rotatable bonds is 4. The maximum atomic E-state index is 9.24. The summed E-state index contributed by atoms with van der Waals surface area (Å²) in [5.74, 6) is -0.968. The SMILES string of the molecule is NCC(=O)O.ONC(NO)NO.[K]. The van der Waals surface area contributed by atoms with Crippen LogP contribution in [0.25, 0.3) is 0 Å². The van der Waals surface area contributed by atoms with Crippen molar-refractivity contribution in [3.8, 4) is 0 Å². The van der Waals surface area contributed by atoms with Crippen molar-refractivity contribution in [2.75, 3.05) is 6.54 Å². The van der Waals surface area contributed by atoms with E-state index < -0.39 is 12.3 Å². The van der Waals surface area contributed by atoms with Crippen molar-refractivity contribution in [3.05, 3.63) is 0 Å². The van der Waals surface area contributed by atoms with Gasteiger partial charge < -0.3 is 26.5 Å². The molecule has 0 saturated heterocycles. The molecule has 0 spiro atoms. The Hall–Kier alpha value is 0.826. The van der Waals surface area contributed by atoms with E-state index in [1.807, 2.05) is 0 Å². The van der Waals surface area contributed by atoms with Crippen LogP contribution in [0.15, 0.2) is 0 Å². The molecule has 0 rings (SSSR count). The zero-order valence-electron chi connectivity index (χ0n) is 7.06. The molecule has 75 valence electrons. The van der Waals surface area contributed by atoms with E-state index in [9.17, 15) is 4.79 Å². The molecular weight excluding hydrogens is 211 g/mol. The van der Waals surface area contributed by atoms with E-state index in [0.29, 0.717) is 0 Å². The van der Waals surface area contributed by atoms with Gasteiger partial charge in [0.25, 0.3) is 0 Å². The van der Waals surface area contributed by atoms with E-state index >= 15 is 0 Å². The first-order chi connectivity index (χ1) is 5.62. The van der Waals surface area contributed by atoms with Crippen LogP contribution in [0.4, 0.5) is 0 Å². The van der Waals surface area contributed by atoms with Gasteiger partial charge in [0.05, 0.1) is 6.54 Å². The van der Waals surface area contributed by atoms with E-state index in [1.165, 1.54) is 16.4 Å². The maximum Gasteiger partial charge on any atom is 0.317 e. The molecule has 0 aliphatic heterocycles. The number of hydroxylamine groups is 3. The van der Waals surface area contributed by atoms with E-state index in [0.717, 1.165) is 0 Å². The summed E-state index contributed by atoms with van der Waals surface area (Å²) in [6, 6.07) is 0. The van der Waals surface area contributed by atoms with Gasteiger partial charge in [0.15, 0.2) is 6.29 Å². The Kier molecular flexibility index (Phi) is 22.8. The van der Waals surface area contributed by atoms with Crippen LogP contribution in [-0.2, 0) is 4.79 Å². The topological polar surface area (TPSA) is 160 Å². The van der Waals surface area contributed by atoms with Crippen molar-refractivity contribution in [1.29, 1.82) is 0 Å². The standard InChI is InChI=1S/C2H5NO2.CH7N3O3.K/c3-1-2(4)5;5-2-1(3-6)4-7;/h1,3H2,(H,4,5);1-7H;. The Labute approximate surface area is 117 Å². The first-order valence-electron chi connectivity index (χ1n) is 2.73. The normalized spacial score (nSPS) is 8.38. The van der Waals surface area contributed by atoms with Gasteiger partial charge >= 0.3 is 5.97 Å². The number of carbonyl (C=O) groups is 1. The van der Waals surface area contributed by atoms with Gasteiger partial charge in [-0.15, -0.1) is 0 Å². The third-order valence-electron chi connectivity index (χ3n) is 0.562. The van der Waals surface area contributed by atoms with Gasteiger partial charge in [0, 0.05) is 51.4 Å². The van der Waals surface area contributed by atoms with Gasteiger partial charge in [-0.3, -0.25) is 4.79 Å². The molecule has 0 fully saturated rings. The monoisotopic (exact) mass is 223 g/mol. The Morgan fingerprint density at radius 2 is 1.46 bits per heavy atom. The molecule has 0 heterocycles. The molecule has 0 saturated carbocycles. The maximum absolute atomic E-state index is 9.24. The molecule has 0 bridgehead atoms. The number of hydrogen-bond donors (Lipinski definition) is 8. The zero-order valence-corrected chi connectivity index (χ0v) is 10.2. The van der Waals surface area contributed by atoms with E-state index in [-0.39, 0.29) is 57.9 Å². The van der Waals surface area contributed by atoms with Crippen molar-refractivity contribution in [1.82, 2.24) is 16.4 Å². The van der Waals surface area contributed by atoms with Crippen molar-refractivity contribution in [3.63, 3.8) is 0 Å². The van der Waals surface area contributed by atoms with Crippen molar-refractivity contribution in [2.45, 2.75) is 6.29 Å². The summed E-state index contributed by atoms with van der Waals surface area (Å²) in [6.07, 6.45) is -1.10. The van der Waals surface area contributed by atoms with Crippen LogP contribution in [0.3, 0.4) is 0 Å². The molecule has 0 atom stereocenters. The average Bonchev–Trinajstić information content (AvgIpc) is 2.09. The van der Waals surface area contributed by atoms with Crippen molar-refractivity contribution in [2.24, 2.45) is 5.73 Å². The summed E-state index contributed by atoms with van der Waals surface area (Å²) in [5.41, 5.74) is 9.01. The molecule has 0 aromatic rings. The minimum absolute atomic E-state index is 0. The van der Waals surface area contributed by atoms with Gasteiger partial charge in [0.2, 0.25) is 0 Å². The largest absolute Gasteiger partial charge is 0.480 e. The number of nitrogens with one attached hydrogen (secondary N) is 3. The molecule has 0 unspecified atom stereocenters. The van der Waals surface area contributed by atoms with Gasteiger partial charge in [0.1, 0.15) is 0 Å². The summed E-state index contributed by atoms with van der Waals surface area (Å²) in [5, 5.41) is 31.1. The first-order valence-corrected chi connectivity index (χ1v) is 2.73. The molecule has 0 aromatic heterocycles. The second-order valence-corrected chi connectivity index (χ2v) is 1.42. The summed E-state index contributed by atoms with van der Waals surface area (Å²) < 4.78 is 0. The minimum Gasteiger partial charge on any atom is -0.480 e. The number of hydrogen-bond acceptors (Lipinski definition) is 8. The quantitative estimate of drug-likeness (QED) is 0.140. The summed E-state index contributed by atoms with van der Waals surface area (Å²) >= 11 is 0. The fourth-order valence-corrected chi connectivity index (χ4v) is 0.0866. The summed E-state index contributed by atoms with van der Waals surface area (Å²) in [7, 11) is 0. The van der Waals surface area contributed by atoms with Crippen molar-refractivity contribution < 1.29 is 25.5 Å². The van der Waals surface area contributed by atoms with Crippen LogP contribution < -0.4 is 22.2 Å². The molecule has 0 aromatic carbocycles. The molecule has 1 radical (unpaired) electrons. The molecule has 0 aliphatic rings. The number of nitrogens with two attached hydrogens (primary N) is 1. The summed E-state index contributed by atoms with van der Waals surface area (Å²) in [4.78, 5) is 9.24. The average molecular weight is 223 g/mol. The summed E-state index contributed by atoms with van der Waals surface area (Å²) in [6.45, 7) is -0.278. The van der Waals surface area contributed by atoms with Crippen LogP contribution in [-0.4, -0.2) is 90.9 Å². The Balaban J connectivity index is -0.000000150. The third kappa shape index (κ3) is 19.3. The molecule has 9 N–H and O–H groups in total. The van der Waals surface area contributed by atoms with E-state index in [2.05, 4.69) is 5.73 Å². The smallest absolute Gasteiger partial charge is 0.317 e. The van der Waals surface area contributed by atoms with Crippen molar-refractivity contribution >= 4 is 57.4 Å². The van der Waals surface area contributed by atoms with Crippen LogP contribution in [0.5, 0.6) is 0 Å². The Morgan fingerprint density at radius 1 is 1.23 bits per heavy atom. The van der Waals surface area contributed by atoms with Crippen LogP contribution >= 0.6 is 0 Å². The van der Waals surface area contributed by atoms with Crippen LogP contribution in [0.1, 0.15) is 0 Å². The molecule has 10 heteroatoms. The number of carboxylic acids is 1. The first kappa shape index (κ1) is 19.4.